The van der Waals surface area contributed by atoms with Gasteiger partial charge in [0.15, 0.2) is 0 Å². The minimum atomic E-state index is -0.806. The van der Waals surface area contributed by atoms with Crippen LogP contribution in [-0.4, -0.2) is 69.1 Å². The Balaban J connectivity index is 2.45. The molecular formula is C14H26N2O5. The Morgan fingerprint density at radius 1 is 1.19 bits per heavy atom. The van der Waals surface area contributed by atoms with Crippen molar-refractivity contribution in [3.8, 4) is 0 Å². The maximum absolute atomic E-state index is 12.2. The minimum Gasteiger partial charge on any atom is -0.481 e. The highest BCUT2D eigenvalue weighted by molar-refractivity contribution is 5.74. The molecular weight excluding hydrogens is 276 g/mol. The quantitative estimate of drug-likeness (QED) is 0.627. The summed E-state index contributed by atoms with van der Waals surface area (Å²) in [5, 5.41) is 11.8. The molecule has 0 aliphatic heterocycles. The van der Waals surface area contributed by atoms with Crippen LogP contribution in [-0.2, 0) is 14.3 Å². The summed E-state index contributed by atoms with van der Waals surface area (Å²) >= 11 is 0. The van der Waals surface area contributed by atoms with E-state index in [0.717, 1.165) is 19.3 Å². The number of hydrogen-bond donors (Lipinski definition) is 2. The predicted molar refractivity (Wildman–Crippen MR) is 77.3 cm³/mol. The zero-order chi connectivity index (χ0) is 15.7. The summed E-state index contributed by atoms with van der Waals surface area (Å²) in [4.78, 5) is 24.7. The number of nitrogens with zero attached hydrogens (tertiary/aromatic N) is 1. The molecule has 0 aromatic rings. The first kappa shape index (κ1) is 17.7. The van der Waals surface area contributed by atoms with Gasteiger partial charge in [0, 0.05) is 33.9 Å². The minimum absolute atomic E-state index is 0.115. The Kier molecular flexibility index (Phi) is 7.45. The van der Waals surface area contributed by atoms with Crippen molar-refractivity contribution < 1.29 is 24.2 Å². The van der Waals surface area contributed by atoms with Gasteiger partial charge < -0.3 is 24.8 Å². The number of methoxy groups -OCH3 is 2. The van der Waals surface area contributed by atoms with E-state index in [1.165, 1.54) is 0 Å². The highest BCUT2D eigenvalue weighted by atomic mass is 16.5. The van der Waals surface area contributed by atoms with Crippen molar-refractivity contribution >= 4 is 12.0 Å². The van der Waals surface area contributed by atoms with Gasteiger partial charge in [0.1, 0.15) is 0 Å². The predicted octanol–water partition coefficient (Wildman–Crippen LogP) is 0.936. The van der Waals surface area contributed by atoms with Gasteiger partial charge in [0.25, 0.3) is 0 Å². The lowest BCUT2D eigenvalue weighted by Crippen LogP contribution is -2.49. The summed E-state index contributed by atoms with van der Waals surface area (Å²) in [5.74, 6) is -0.806. The van der Waals surface area contributed by atoms with Crippen molar-refractivity contribution in [1.82, 2.24) is 10.2 Å². The molecule has 2 amide bonds. The topological polar surface area (TPSA) is 88.1 Å². The largest absolute Gasteiger partial charge is 0.481 e. The molecule has 1 aliphatic rings. The number of amides is 2. The van der Waals surface area contributed by atoms with Crippen molar-refractivity contribution in [2.75, 3.05) is 47.1 Å². The van der Waals surface area contributed by atoms with Gasteiger partial charge in [-0.25, -0.2) is 4.79 Å². The average Bonchev–Trinajstić information content (AvgIpc) is 2.41. The Hall–Kier alpha value is -1.34. The highest BCUT2D eigenvalue weighted by Crippen LogP contribution is 2.43. The number of nitrogens with one attached hydrogen (secondary N) is 1. The molecule has 1 fully saturated rings. The number of aliphatic carboxylic acids is 1. The molecule has 7 nitrogen and oxygen atoms in total. The first-order valence-electron chi connectivity index (χ1n) is 7.25. The number of carboxylic acids is 1. The highest BCUT2D eigenvalue weighted by Gasteiger charge is 2.39. The molecule has 1 aliphatic carbocycles. The van der Waals surface area contributed by atoms with E-state index >= 15 is 0 Å². The molecule has 1 saturated carbocycles. The summed E-state index contributed by atoms with van der Waals surface area (Å²) < 4.78 is 9.99. The van der Waals surface area contributed by atoms with Crippen molar-refractivity contribution in [2.45, 2.75) is 25.7 Å². The number of urea groups is 1. The standard InChI is InChI=1S/C14H26N2O5/c1-20-8-6-16(7-9-21-2)13(19)15-11-14(4-3-5-14)10-12(17)18/h3-11H2,1-2H3,(H,15,19)(H,17,18). The number of rotatable bonds is 10. The lowest BCUT2D eigenvalue weighted by Gasteiger charge is -2.41. The first-order chi connectivity index (χ1) is 10.0. The second-order valence-electron chi connectivity index (χ2n) is 5.56. The monoisotopic (exact) mass is 302 g/mol. The van der Waals surface area contributed by atoms with E-state index in [4.69, 9.17) is 14.6 Å². The maximum Gasteiger partial charge on any atom is 0.317 e. The van der Waals surface area contributed by atoms with E-state index in [-0.39, 0.29) is 17.9 Å². The van der Waals surface area contributed by atoms with Gasteiger partial charge in [-0.2, -0.15) is 0 Å². The molecule has 0 radical (unpaired) electrons. The number of ether oxygens (including phenoxy) is 2. The van der Waals surface area contributed by atoms with Crippen molar-refractivity contribution in [2.24, 2.45) is 5.41 Å². The summed E-state index contributed by atoms with van der Waals surface area (Å²) in [6, 6.07) is -0.194. The van der Waals surface area contributed by atoms with Crippen molar-refractivity contribution in [3.05, 3.63) is 0 Å². The van der Waals surface area contributed by atoms with Gasteiger partial charge in [0.05, 0.1) is 19.6 Å². The van der Waals surface area contributed by atoms with Crippen LogP contribution < -0.4 is 5.32 Å². The van der Waals surface area contributed by atoms with Gasteiger partial charge in [-0.3, -0.25) is 4.79 Å². The van der Waals surface area contributed by atoms with Gasteiger partial charge in [0.2, 0.25) is 0 Å². The maximum atomic E-state index is 12.2. The first-order valence-corrected chi connectivity index (χ1v) is 7.25. The fourth-order valence-electron chi connectivity index (χ4n) is 2.51. The molecule has 122 valence electrons. The molecule has 0 atom stereocenters. The Morgan fingerprint density at radius 2 is 1.76 bits per heavy atom. The fraction of sp³-hybridized carbons (Fsp3) is 0.857. The number of carbonyl (C=O) groups is 2. The Bertz CT molecular complexity index is 336. The fourth-order valence-corrected chi connectivity index (χ4v) is 2.51. The molecule has 0 heterocycles. The van der Waals surface area contributed by atoms with Crippen LogP contribution in [0.3, 0.4) is 0 Å². The lowest BCUT2D eigenvalue weighted by atomic mass is 9.66. The van der Waals surface area contributed by atoms with Gasteiger partial charge in [-0.15, -0.1) is 0 Å². The van der Waals surface area contributed by atoms with Gasteiger partial charge >= 0.3 is 12.0 Å². The molecule has 0 unspecified atom stereocenters. The zero-order valence-electron chi connectivity index (χ0n) is 12.9. The summed E-state index contributed by atoms with van der Waals surface area (Å²) in [6.07, 6.45) is 2.86. The van der Waals surface area contributed by atoms with Crippen LogP contribution in [0, 0.1) is 5.41 Å². The summed E-state index contributed by atoms with van der Waals surface area (Å²) in [7, 11) is 3.17. The van der Waals surface area contributed by atoms with Crippen LogP contribution in [0.2, 0.25) is 0 Å². The molecule has 2 N–H and O–H groups in total. The van der Waals surface area contributed by atoms with Gasteiger partial charge in [-0.05, 0) is 18.3 Å². The molecule has 0 bridgehead atoms. The third kappa shape index (κ3) is 5.89. The SMILES string of the molecule is COCCN(CCOC)C(=O)NCC1(CC(=O)O)CCC1. The summed E-state index contributed by atoms with van der Waals surface area (Å²) in [5.41, 5.74) is -0.268. The van der Waals surface area contributed by atoms with Crippen LogP contribution in [0.4, 0.5) is 4.79 Å². The van der Waals surface area contributed by atoms with E-state index in [2.05, 4.69) is 5.32 Å². The molecule has 0 aromatic carbocycles. The average molecular weight is 302 g/mol. The molecule has 21 heavy (non-hydrogen) atoms. The van der Waals surface area contributed by atoms with Crippen molar-refractivity contribution in [3.63, 3.8) is 0 Å². The molecule has 7 heteroatoms. The van der Waals surface area contributed by atoms with Crippen LogP contribution in [0.5, 0.6) is 0 Å². The number of carboxylic acid groups (broad SMARTS) is 1. The normalized spacial score (nSPS) is 16.1. The lowest BCUT2D eigenvalue weighted by molar-refractivity contribution is -0.141. The number of hydrogen-bond acceptors (Lipinski definition) is 4. The van der Waals surface area contributed by atoms with Crippen LogP contribution in [0.15, 0.2) is 0 Å². The smallest absolute Gasteiger partial charge is 0.317 e. The third-order valence-electron chi connectivity index (χ3n) is 3.97. The van der Waals surface area contributed by atoms with Crippen molar-refractivity contribution in [1.29, 1.82) is 0 Å². The molecule has 1 rings (SSSR count). The molecule has 0 aromatic heterocycles. The van der Waals surface area contributed by atoms with E-state index in [9.17, 15) is 9.59 Å². The van der Waals surface area contributed by atoms with E-state index in [0.29, 0.717) is 32.8 Å². The van der Waals surface area contributed by atoms with Crippen LogP contribution in [0.1, 0.15) is 25.7 Å². The van der Waals surface area contributed by atoms with E-state index in [1.54, 1.807) is 19.1 Å². The second kappa shape index (κ2) is 8.84. The second-order valence-corrected chi connectivity index (χ2v) is 5.56. The Morgan fingerprint density at radius 3 is 2.14 bits per heavy atom. The number of carbonyl (C=O) groups excluding carboxylic acids is 1. The third-order valence-corrected chi connectivity index (χ3v) is 3.97. The zero-order valence-corrected chi connectivity index (χ0v) is 12.9. The van der Waals surface area contributed by atoms with Crippen LogP contribution in [0.25, 0.3) is 0 Å². The Labute approximate surface area is 125 Å². The van der Waals surface area contributed by atoms with E-state index in [1.807, 2.05) is 0 Å². The molecule has 0 saturated heterocycles. The van der Waals surface area contributed by atoms with Gasteiger partial charge in [-0.1, -0.05) is 6.42 Å². The molecule has 0 spiro atoms. The summed E-state index contributed by atoms with van der Waals surface area (Å²) in [6.45, 7) is 2.29. The van der Waals surface area contributed by atoms with E-state index < -0.39 is 5.97 Å². The van der Waals surface area contributed by atoms with Crippen LogP contribution >= 0.6 is 0 Å².